The minimum atomic E-state index is -1.33. The molecule has 0 aliphatic carbocycles. The largest absolute Gasteiger partial charge is 0.487 e. The first-order valence-corrected chi connectivity index (χ1v) is 9.11. The normalized spacial score (nSPS) is 24.3. The Hall–Kier alpha value is -2.61. The lowest BCUT2D eigenvalue weighted by Crippen LogP contribution is -2.31. The Labute approximate surface area is 155 Å². The van der Waals surface area contributed by atoms with Crippen LogP contribution >= 0.6 is 0 Å². The van der Waals surface area contributed by atoms with Crippen molar-refractivity contribution in [2.75, 3.05) is 24.6 Å². The molecule has 1 saturated heterocycles. The summed E-state index contributed by atoms with van der Waals surface area (Å²) in [5.74, 6) is -1.37. The SMILES string of the molecule is CC[C@@H]1CN(c2c(F)cc3c(=O)c(C(=O)O)cn4c3c2OC[C@@H]4C)C[C@H]1N. The van der Waals surface area contributed by atoms with Crippen molar-refractivity contribution >= 4 is 22.6 Å². The second-order valence-electron chi connectivity index (χ2n) is 7.41. The van der Waals surface area contributed by atoms with Crippen molar-refractivity contribution in [2.45, 2.75) is 32.4 Å². The molecular weight excluding hydrogens is 353 g/mol. The molecule has 144 valence electrons. The lowest BCUT2D eigenvalue weighted by atomic mass is 10.0. The molecule has 0 spiro atoms. The van der Waals surface area contributed by atoms with Gasteiger partial charge >= 0.3 is 5.97 Å². The van der Waals surface area contributed by atoms with E-state index >= 15 is 4.39 Å². The number of halogens is 1. The monoisotopic (exact) mass is 375 g/mol. The van der Waals surface area contributed by atoms with Crippen LogP contribution < -0.4 is 20.8 Å². The van der Waals surface area contributed by atoms with Crippen LogP contribution in [0.1, 0.15) is 36.7 Å². The topological polar surface area (TPSA) is 97.8 Å². The van der Waals surface area contributed by atoms with Crippen LogP contribution in [0.3, 0.4) is 0 Å². The van der Waals surface area contributed by atoms with Gasteiger partial charge in [0.05, 0.1) is 16.9 Å². The number of ether oxygens (including phenoxy) is 1. The van der Waals surface area contributed by atoms with Crippen molar-refractivity contribution in [1.29, 1.82) is 0 Å². The number of hydrogen-bond acceptors (Lipinski definition) is 5. The maximum atomic E-state index is 15.1. The number of pyridine rings is 1. The summed E-state index contributed by atoms with van der Waals surface area (Å²) in [4.78, 5) is 25.9. The van der Waals surface area contributed by atoms with Crippen LogP contribution in [0, 0.1) is 11.7 Å². The predicted molar refractivity (Wildman–Crippen MR) is 99.3 cm³/mol. The summed E-state index contributed by atoms with van der Waals surface area (Å²) in [5, 5.41) is 9.36. The fourth-order valence-electron chi connectivity index (χ4n) is 4.17. The first-order chi connectivity index (χ1) is 12.8. The summed E-state index contributed by atoms with van der Waals surface area (Å²) in [6.45, 7) is 5.30. The molecule has 0 unspecified atom stereocenters. The van der Waals surface area contributed by atoms with Crippen molar-refractivity contribution in [3.8, 4) is 5.75 Å². The summed E-state index contributed by atoms with van der Waals surface area (Å²) in [6.07, 6.45) is 2.22. The van der Waals surface area contributed by atoms with E-state index in [-0.39, 0.29) is 35.6 Å². The van der Waals surface area contributed by atoms with Gasteiger partial charge in [0, 0.05) is 25.3 Å². The van der Waals surface area contributed by atoms with Crippen molar-refractivity contribution in [2.24, 2.45) is 11.7 Å². The number of benzene rings is 1. The van der Waals surface area contributed by atoms with Crippen LogP contribution in [0.4, 0.5) is 10.1 Å². The van der Waals surface area contributed by atoms with Gasteiger partial charge in [0.15, 0.2) is 11.6 Å². The van der Waals surface area contributed by atoms with E-state index < -0.39 is 17.2 Å². The molecule has 0 saturated carbocycles. The van der Waals surface area contributed by atoms with Crippen LogP contribution in [-0.2, 0) is 0 Å². The minimum Gasteiger partial charge on any atom is -0.487 e. The zero-order valence-electron chi connectivity index (χ0n) is 15.2. The van der Waals surface area contributed by atoms with E-state index in [0.29, 0.717) is 30.0 Å². The molecule has 0 bridgehead atoms. The Balaban J connectivity index is 2.00. The maximum Gasteiger partial charge on any atom is 0.341 e. The third-order valence-electron chi connectivity index (χ3n) is 5.70. The summed E-state index contributed by atoms with van der Waals surface area (Å²) >= 11 is 0. The Kier molecular flexibility index (Phi) is 4.10. The average molecular weight is 375 g/mol. The highest BCUT2D eigenvalue weighted by molar-refractivity contribution is 5.97. The van der Waals surface area contributed by atoms with Gasteiger partial charge in [-0.2, -0.15) is 0 Å². The number of anilines is 1. The zero-order valence-corrected chi connectivity index (χ0v) is 15.2. The van der Waals surface area contributed by atoms with Gasteiger partial charge in [0.25, 0.3) is 0 Å². The van der Waals surface area contributed by atoms with E-state index in [4.69, 9.17) is 10.5 Å². The van der Waals surface area contributed by atoms with Gasteiger partial charge in [0.1, 0.15) is 17.9 Å². The van der Waals surface area contributed by atoms with Gasteiger partial charge in [-0.05, 0) is 18.9 Å². The van der Waals surface area contributed by atoms with Gasteiger partial charge in [-0.15, -0.1) is 0 Å². The number of hydrogen-bond donors (Lipinski definition) is 2. The molecule has 7 nitrogen and oxygen atoms in total. The molecule has 4 rings (SSSR count). The first-order valence-electron chi connectivity index (χ1n) is 9.11. The first kappa shape index (κ1) is 17.8. The predicted octanol–water partition coefficient (Wildman–Crippen LogP) is 1.97. The van der Waals surface area contributed by atoms with Crippen LogP contribution in [-0.4, -0.2) is 41.4 Å². The van der Waals surface area contributed by atoms with E-state index in [2.05, 4.69) is 6.92 Å². The quantitative estimate of drug-likeness (QED) is 0.851. The van der Waals surface area contributed by atoms with Gasteiger partial charge in [-0.1, -0.05) is 13.3 Å². The van der Waals surface area contributed by atoms with Gasteiger partial charge in [0.2, 0.25) is 5.43 Å². The number of rotatable bonds is 3. The van der Waals surface area contributed by atoms with E-state index in [0.717, 1.165) is 12.5 Å². The molecular formula is C19H22FN3O4. The molecule has 3 atom stereocenters. The third-order valence-corrected chi connectivity index (χ3v) is 5.70. The zero-order chi connectivity index (χ0) is 19.5. The van der Waals surface area contributed by atoms with Crippen molar-refractivity contribution in [3.63, 3.8) is 0 Å². The summed E-state index contributed by atoms with van der Waals surface area (Å²) in [5.41, 5.74) is 5.85. The number of carboxylic acids is 1. The fraction of sp³-hybridized carbons (Fsp3) is 0.474. The molecule has 2 aromatic rings. The van der Waals surface area contributed by atoms with Gasteiger partial charge in [-0.25, -0.2) is 9.18 Å². The van der Waals surface area contributed by atoms with Gasteiger partial charge in [-0.3, -0.25) is 4.79 Å². The molecule has 27 heavy (non-hydrogen) atoms. The molecule has 0 amide bonds. The molecule has 2 aliphatic heterocycles. The summed E-state index contributed by atoms with van der Waals surface area (Å²) in [7, 11) is 0. The second-order valence-corrected chi connectivity index (χ2v) is 7.41. The number of nitrogens with zero attached hydrogens (tertiary/aromatic N) is 2. The van der Waals surface area contributed by atoms with Crippen LogP contribution in [0.5, 0.6) is 5.75 Å². The number of aromatic carboxylic acids is 1. The van der Waals surface area contributed by atoms with Crippen molar-refractivity contribution < 1.29 is 19.0 Å². The molecule has 8 heteroatoms. The van der Waals surface area contributed by atoms with E-state index in [9.17, 15) is 14.7 Å². The van der Waals surface area contributed by atoms with E-state index in [1.54, 1.807) is 4.57 Å². The minimum absolute atomic E-state index is 0.0215. The smallest absolute Gasteiger partial charge is 0.341 e. The highest BCUT2D eigenvalue weighted by atomic mass is 19.1. The molecule has 1 aromatic carbocycles. The molecule has 3 N–H and O–H groups in total. The second kappa shape index (κ2) is 6.23. The molecule has 0 radical (unpaired) electrons. The molecule has 1 fully saturated rings. The Morgan fingerprint density at radius 3 is 2.81 bits per heavy atom. The Morgan fingerprint density at radius 2 is 2.19 bits per heavy atom. The summed E-state index contributed by atoms with van der Waals surface area (Å²) < 4.78 is 22.7. The molecule has 3 heterocycles. The number of nitrogens with two attached hydrogens (primary N) is 1. The number of carbonyl (C=O) groups is 1. The van der Waals surface area contributed by atoms with Gasteiger partial charge < -0.3 is 25.0 Å². The van der Waals surface area contributed by atoms with E-state index in [1.807, 2.05) is 11.8 Å². The lowest BCUT2D eigenvalue weighted by molar-refractivity contribution is 0.0694. The van der Waals surface area contributed by atoms with Crippen molar-refractivity contribution in [1.82, 2.24) is 4.57 Å². The number of aromatic nitrogens is 1. The maximum absolute atomic E-state index is 15.1. The summed E-state index contributed by atoms with van der Waals surface area (Å²) in [6, 6.07) is 0.892. The van der Waals surface area contributed by atoms with E-state index in [1.165, 1.54) is 6.20 Å². The van der Waals surface area contributed by atoms with Crippen LogP contribution in [0.15, 0.2) is 17.1 Å². The Bertz CT molecular complexity index is 1000. The molecule has 1 aromatic heterocycles. The Morgan fingerprint density at radius 1 is 1.44 bits per heavy atom. The van der Waals surface area contributed by atoms with Crippen LogP contribution in [0.2, 0.25) is 0 Å². The highest BCUT2D eigenvalue weighted by Crippen LogP contribution is 2.43. The number of carboxylic acid groups (broad SMARTS) is 1. The van der Waals surface area contributed by atoms with Crippen LogP contribution in [0.25, 0.3) is 10.9 Å². The third kappa shape index (κ3) is 2.58. The standard InChI is InChI=1S/C19H22FN3O4/c1-3-10-5-22(7-14(10)21)16-13(20)4-11-15-18(16)27-8-9(2)23(15)6-12(17(11)24)19(25)26/h4,6,9-10,14H,3,5,7-8,21H2,1-2H3,(H,25,26)/t9-,10+,14+/m0/s1. The fourth-order valence-corrected chi connectivity index (χ4v) is 4.17. The molecule has 2 aliphatic rings. The van der Waals surface area contributed by atoms with Crippen molar-refractivity contribution in [3.05, 3.63) is 33.9 Å². The average Bonchev–Trinajstić information content (AvgIpc) is 2.99. The lowest BCUT2D eigenvalue weighted by Gasteiger charge is -2.31. The highest BCUT2D eigenvalue weighted by Gasteiger charge is 2.35.